The molecule has 1 rings (SSSR count). The quantitative estimate of drug-likeness (QED) is 0.269. The summed E-state index contributed by atoms with van der Waals surface area (Å²) in [5, 5.41) is 0. The molecule has 0 atom stereocenters. The van der Waals surface area contributed by atoms with Crippen LogP contribution in [-0.4, -0.2) is 171 Å². The van der Waals surface area contributed by atoms with Crippen LogP contribution in [-0.2, 0) is 47.6 Å². The zero-order valence-electron chi connectivity index (χ0n) is 33.2. The van der Waals surface area contributed by atoms with Gasteiger partial charge in [0.25, 0.3) is 0 Å². The molecule has 0 saturated carbocycles. The van der Waals surface area contributed by atoms with Crippen LogP contribution in [0.5, 0.6) is 0 Å². The molecule has 0 aliphatic carbocycles. The number of hydrogen-bond donors (Lipinski definition) is 0. The summed E-state index contributed by atoms with van der Waals surface area (Å²) in [5.74, 6) is -1.38. The van der Waals surface area contributed by atoms with Gasteiger partial charge in [-0.05, 0) is 83.1 Å². The highest BCUT2D eigenvalue weighted by Gasteiger charge is 2.25. The van der Waals surface area contributed by atoms with Crippen LogP contribution in [0, 0.1) is 0 Å². The molecule has 14 nitrogen and oxygen atoms in total. The Bertz CT molecular complexity index is 881. The summed E-state index contributed by atoms with van der Waals surface area (Å²) < 4.78 is 34.4. The molecule has 1 aliphatic heterocycles. The number of carbonyl (C=O) groups is 4. The Morgan fingerprint density at radius 1 is 0.380 bits per heavy atom. The van der Waals surface area contributed by atoms with Gasteiger partial charge in [-0.15, -0.1) is 0 Å². The highest BCUT2D eigenvalue weighted by Crippen LogP contribution is 2.11. The van der Waals surface area contributed by atoms with Crippen LogP contribution in [0.1, 0.15) is 83.1 Å². The van der Waals surface area contributed by atoms with E-state index in [9.17, 15) is 19.2 Å². The minimum Gasteiger partial charge on any atom is -0.459 e. The van der Waals surface area contributed by atoms with Crippen LogP contribution in [0.4, 0.5) is 0 Å². The Labute approximate surface area is 301 Å². The standard InChI is InChI=1S/C36H68N4O10/c1-33(2,3)47-29(41)25-37-13-14-38(26-30(42)48-34(4,5)6)18-23-46-24-20-40(28-32(44)50-36(10,11)12)16-15-39(19-22-45-21-17-37)27-31(43)49-35(7,8)9/h13-28H2,1-12H3. The van der Waals surface area contributed by atoms with Crippen LogP contribution in [0.25, 0.3) is 0 Å². The molecular weight excluding hydrogens is 648 g/mol. The lowest BCUT2D eigenvalue weighted by Crippen LogP contribution is -2.45. The fourth-order valence-electron chi connectivity index (χ4n) is 4.85. The van der Waals surface area contributed by atoms with Gasteiger partial charge in [-0.3, -0.25) is 38.8 Å². The molecule has 0 aromatic rings. The summed E-state index contributed by atoms with van der Waals surface area (Å²) >= 11 is 0. The fourth-order valence-corrected chi connectivity index (χ4v) is 4.85. The Balaban J connectivity index is 3.16. The van der Waals surface area contributed by atoms with Crippen molar-refractivity contribution >= 4 is 23.9 Å². The molecule has 14 heteroatoms. The third kappa shape index (κ3) is 25.6. The first-order valence-corrected chi connectivity index (χ1v) is 17.8. The van der Waals surface area contributed by atoms with Crippen LogP contribution in [0.15, 0.2) is 0 Å². The van der Waals surface area contributed by atoms with Crippen LogP contribution >= 0.6 is 0 Å². The molecule has 1 saturated heterocycles. The molecule has 0 radical (unpaired) electrons. The lowest BCUT2D eigenvalue weighted by atomic mass is 10.2. The molecule has 1 fully saturated rings. The molecule has 0 N–H and O–H groups in total. The van der Waals surface area contributed by atoms with Crippen molar-refractivity contribution in [2.45, 2.75) is 105 Å². The topological polar surface area (TPSA) is 137 Å². The van der Waals surface area contributed by atoms with E-state index in [2.05, 4.69) is 0 Å². The first-order valence-electron chi connectivity index (χ1n) is 17.8. The van der Waals surface area contributed by atoms with Crippen molar-refractivity contribution in [3.63, 3.8) is 0 Å². The minimum absolute atomic E-state index is 0.0651. The Morgan fingerprint density at radius 3 is 0.720 bits per heavy atom. The van der Waals surface area contributed by atoms with Crippen LogP contribution in [0.3, 0.4) is 0 Å². The molecule has 292 valence electrons. The molecule has 1 heterocycles. The summed E-state index contributed by atoms with van der Waals surface area (Å²) in [6, 6.07) is 0. The van der Waals surface area contributed by atoms with Gasteiger partial charge in [0, 0.05) is 52.4 Å². The molecule has 1 aliphatic rings. The van der Waals surface area contributed by atoms with Gasteiger partial charge < -0.3 is 28.4 Å². The van der Waals surface area contributed by atoms with Gasteiger partial charge in [-0.1, -0.05) is 0 Å². The molecule has 0 bridgehead atoms. The monoisotopic (exact) mass is 716 g/mol. The average molecular weight is 717 g/mol. The predicted molar refractivity (Wildman–Crippen MR) is 191 cm³/mol. The van der Waals surface area contributed by atoms with Crippen molar-refractivity contribution in [2.75, 3.05) is 105 Å². The van der Waals surface area contributed by atoms with Crippen molar-refractivity contribution in [1.29, 1.82) is 0 Å². The molecular formula is C36H68N4O10. The third-order valence-electron chi connectivity index (χ3n) is 6.76. The molecule has 0 amide bonds. The van der Waals surface area contributed by atoms with Crippen molar-refractivity contribution in [3.05, 3.63) is 0 Å². The van der Waals surface area contributed by atoms with E-state index in [1.807, 2.05) is 103 Å². The van der Waals surface area contributed by atoms with E-state index in [0.717, 1.165) is 0 Å². The van der Waals surface area contributed by atoms with E-state index in [4.69, 9.17) is 28.4 Å². The van der Waals surface area contributed by atoms with Crippen molar-refractivity contribution < 1.29 is 47.6 Å². The highest BCUT2D eigenvalue weighted by atomic mass is 16.6. The average Bonchev–Trinajstić information content (AvgIpc) is 2.88. The van der Waals surface area contributed by atoms with Gasteiger partial charge in [0.2, 0.25) is 0 Å². The van der Waals surface area contributed by atoms with E-state index < -0.39 is 22.4 Å². The van der Waals surface area contributed by atoms with Gasteiger partial charge in [-0.25, -0.2) is 0 Å². The van der Waals surface area contributed by atoms with Gasteiger partial charge in [0.1, 0.15) is 22.4 Å². The minimum atomic E-state index is -0.621. The van der Waals surface area contributed by atoms with Crippen LogP contribution < -0.4 is 0 Å². The summed E-state index contributed by atoms with van der Waals surface area (Å²) in [7, 11) is 0. The third-order valence-corrected chi connectivity index (χ3v) is 6.76. The molecule has 50 heavy (non-hydrogen) atoms. The second kappa shape index (κ2) is 21.2. The maximum absolute atomic E-state index is 12.8. The SMILES string of the molecule is CC(C)(C)OC(=O)CN1CCOCCN(CC(=O)OC(C)(C)C)CCN(CC(=O)OC(C)(C)C)CCOCCN(CC(=O)OC(C)(C)C)CC1. The number of ether oxygens (including phenoxy) is 6. The summed E-state index contributed by atoms with van der Waals surface area (Å²) in [4.78, 5) is 58.9. The number of nitrogens with zero attached hydrogens (tertiary/aromatic N) is 4. The molecule has 0 aromatic heterocycles. The summed E-state index contributed by atoms with van der Waals surface area (Å²) in [5.41, 5.74) is -2.48. The van der Waals surface area contributed by atoms with E-state index in [1.165, 1.54) is 0 Å². The van der Waals surface area contributed by atoms with Gasteiger partial charge >= 0.3 is 23.9 Å². The first kappa shape index (κ1) is 45.7. The largest absolute Gasteiger partial charge is 0.459 e. The van der Waals surface area contributed by atoms with Gasteiger partial charge in [-0.2, -0.15) is 0 Å². The second-order valence-corrected chi connectivity index (χ2v) is 16.7. The lowest BCUT2D eigenvalue weighted by Gasteiger charge is -2.30. The summed E-state index contributed by atoms with van der Waals surface area (Å²) in [6.45, 7) is 27.2. The smallest absolute Gasteiger partial charge is 0.320 e. The predicted octanol–water partition coefficient (Wildman–Crippen LogP) is 2.61. The first-order chi connectivity index (χ1) is 22.9. The van der Waals surface area contributed by atoms with Crippen LogP contribution in [0.2, 0.25) is 0 Å². The second-order valence-electron chi connectivity index (χ2n) is 16.7. The van der Waals surface area contributed by atoms with Crippen molar-refractivity contribution in [3.8, 4) is 0 Å². The van der Waals surface area contributed by atoms with E-state index in [-0.39, 0.29) is 50.1 Å². The van der Waals surface area contributed by atoms with E-state index >= 15 is 0 Å². The normalized spacial score (nSPS) is 18.8. The number of esters is 4. The van der Waals surface area contributed by atoms with Crippen molar-refractivity contribution in [2.24, 2.45) is 0 Å². The van der Waals surface area contributed by atoms with E-state index in [0.29, 0.717) is 78.8 Å². The Morgan fingerprint density at radius 2 is 0.560 bits per heavy atom. The zero-order valence-corrected chi connectivity index (χ0v) is 33.2. The maximum Gasteiger partial charge on any atom is 0.320 e. The van der Waals surface area contributed by atoms with Gasteiger partial charge in [0.05, 0.1) is 52.6 Å². The number of rotatable bonds is 8. The Kier molecular flexibility index (Phi) is 19.4. The lowest BCUT2D eigenvalue weighted by molar-refractivity contribution is -0.158. The molecule has 0 unspecified atom stereocenters. The highest BCUT2D eigenvalue weighted by molar-refractivity contribution is 5.73. The van der Waals surface area contributed by atoms with Crippen molar-refractivity contribution in [1.82, 2.24) is 19.6 Å². The molecule has 0 aromatic carbocycles. The van der Waals surface area contributed by atoms with Gasteiger partial charge in [0.15, 0.2) is 0 Å². The maximum atomic E-state index is 12.8. The summed E-state index contributed by atoms with van der Waals surface area (Å²) in [6.07, 6.45) is 0. The van der Waals surface area contributed by atoms with E-state index in [1.54, 1.807) is 0 Å². The number of hydrogen-bond acceptors (Lipinski definition) is 14. The Hall–Kier alpha value is -2.36. The fraction of sp³-hybridized carbons (Fsp3) is 0.889. The number of carbonyl (C=O) groups excluding carboxylic acids is 4. The zero-order chi connectivity index (χ0) is 38.2. The molecule has 0 spiro atoms.